The minimum Gasteiger partial charge on any atom is -0.462 e. The first-order valence-electron chi connectivity index (χ1n) is 24.5. The van der Waals surface area contributed by atoms with E-state index in [1.165, 1.54) is 154 Å². The quantitative estimate of drug-likeness (QED) is 0.0349. The van der Waals surface area contributed by atoms with Crippen molar-refractivity contribution in [2.24, 2.45) is 0 Å². The normalized spacial score (nSPS) is 12.4. The molecule has 1 atom stereocenters. The fraction of sp³-hybridized carbons (Fsp3) is 0.843. The molecular formula is C51H94O5. The van der Waals surface area contributed by atoms with Crippen LogP contribution in [0.15, 0.2) is 36.5 Å². The van der Waals surface area contributed by atoms with Gasteiger partial charge in [-0.25, -0.2) is 0 Å². The maximum Gasteiger partial charge on any atom is 0.306 e. The molecule has 0 bridgehead atoms. The van der Waals surface area contributed by atoms with E-state index in [0.29, 0.717) is 19.4 Å². The summed E-state index contributed by atoms with van der Waals surface area (Å²) in [5, 5.41) is 0. The summed E-state index contributed by atoms with van der Waals surface area (Å²) in [6.07, 6.45) is 55.8. The minimum absolute atomic E-state index is 0.0828. The Morgan fingerprint density at radius 3 is 1.23 bits per heavy atom. The number of ether oxygens (including phenoxy) is 3. The van der Waals surface area contributed by atoms with E-state index < -0.39 is 6.10 Å². The molecule has 0 radical (unpaired) electrons. The predicted molar refractivity (Wildman–Crippen MR) is 242 cm³/mol. The molecule has 0 saturated heterocycles. The zero-order chi connectivity index (χ0) is 40.7. The van der Waals surface area contributed by atoms with E-state index in [0.717, 1.165) is 64.2 Å². The molecule has 5 nitrogen and oxygen atoms in total. The van der Waals surface area contributed by atoms with E-state index in [9.17, 15) is 9.59 Å². The number of esters is 2. The summed E-state index contributed by atoms with van der Waals surface area (Å²) >= 11 is 0. The Kier molecular flexibility index (Phi) is 45.9. The van der Waals surface area contributed by atoms with Crippen molar-refractivity contribution in [1.82, 2.24) is 0 Å². The molecule has 0 aliphatic heterocycles. The predicted octanol–water partition coefficient (Wildman–Crippen LogP) is 16.2. The van der Waals surface area contributed by atoms with Gasteiger partial charge in [-0.1, -0.05) is 218 Å². The molecule has 0 fully saturated rings. The van der Waals surface area contributed by atoms with Gasteiger partial charge in [0.15, 0.2) is 6.10 Å². The second-order valence-corrected chi connectivity index (χ2v) is 16.4. The van der Waals surface area contributed by atoms with Gasteiger partial charge in [0, 0.05) is 19.4 Å². The van der Waals surface area contributed by atoms with Crippen molar-refractivity contribution < 1.29 is 23.8 Å². The van der Waals surface area contributed by atoms with E-state index in [-0.39, 0.29) is 25.2 Å². The largest absolute Gasteiger partial charge is 0.462 e. The lowest BCUT2D eigenvalue weighted by Gasteiger charge is -2.18. The van der Waals surface area contributed by atoms with Gasteiger partial charge in [0.1, 0.15) is 6.61 Å². The molecule has 0 amide bonds. The topological polar surface area (TPSA) is 61.8 Å². The summed E-state index contributed by atoms with van der Waals surface area (Å²) in [7, 11) is 0. The molecule has 0 heterocycles. The van der Waals surface area contributed by atoms with Gasteiger partial charge in [-0.3, -0.25) is 9.59 Å². The maximum atomic E-state index is 12.7. The van der Waals surface area contributed by atoms with Crippen molar-refractivity contribution in [3.05, 3.63) is 36.5 Å². The lowest BCUT2D eigenvalue weighted by Crippen LogP contribution is -2.30. The van der Waals surface area contributed by atoms with Crippen molar-refractivity contribution >= 4 is 11.9 Å². The van der Waals surface area contributed by atoms with Crippen LogP contribution in [0.4, 0.5) is 0 Å². The average Bonchev–Trinajstić information content (AvgIpc) is 3.20. The molecule has 1 unspecified atom stereocenters. The second kappa shape index (κ2) is 47.5. The third-order valence-electron chi connectivity index (χ3n) is 10.7. The van der Waals surface area contributed by atoms with E-state index >= 15 is 0 Å². The second-order valence-electron chi connectivity index (χ2n) is 16.4. The first kappa shape index (κ1) is 54.1. The first-order valence-corrected chi connectivity index (χ1v) is 24.5. The summed E-state index contributed by atoms with van der Waals surface area (Å²) in [6.45, 7) is 7.78. The molecule has 0 aliphatic rings. The van der Waals surface area contributed by atoms with Crippen LogP contribution in [-0.4, -0.2) is 37.9 Å². The molecule has 0 rings (SSSR count). The van der Waals surface area contributed by atoms with E-state index in [1.54, 1.807) is 0 Å². The summed E-state index contributed by atoms with van der Waals surface area (Å²) in [5.74, 6) is -0.403. The van der Waals surface area contributed by atoms with Crippen LogP contribution in [-0.2, 0) is 23.8 Å². The third kappa shape index (κ3) is 44.8. The van der Waals surface area contributed by atoms with Crippen LogP contribution >= 0.6 is 0 Å². The van der Waals surface area contributed by atoms with Gasteiger partial charge in [-0.05, 0) is 57.8 Å². The molecule has 328 valence electrons. The van der Waals surface area contributed by atoms with Crippen molar-refractivity contribution in [2.75, 3.05) is 19.8 Å². The molecule has 0 aromatic carbocycles. The Morgan fingerprint density at radius 1 is 0.393 bits per heavy atom. The van der Waals surface area contributed by atoms with E-state index in [1.807, 2.05) is 0 Å². The molecule has 0 aliphatic carbocycles. The average molecular weight is 787 g/mol. The minimum atomic E-state index is -0.532. The molecule has 0 aromatic heterocycles. The molecular weight excluding hydrogens is 693 g/mol. The number of carbonyl (C=O) groups excluding carboxylic acids is 2. The highest BCUT2D eigenvalue weighted by Gasteiger charge is 2.17. The number of rotatable bonds is 45. The smallest absolute Gasteiger partial charge is 0.306 e. The first-order chi connectivity index (χ1) is 27.6. The number of carbonyl (C=O) groups is 2. The number of hydrogen-bond donors (Lipinski definition) is 0. The monoisotopic (exact) mass is 787 g/mol. The SMILES string of the molecule is CCCCC/C=C\C/C=C\C/C=C\CCCCCCCCC(=O)OCC(COCCCCCCCC)OC(=O)CCCCCCCCCCCCCCCCC. The van der Waals surface area contributed by atoms with Crippen molar-refractivity contribution in [3.8, 4) is 0 Å². The van der Waals surface area contributed by atoms with Gasteiger partial charge in [-0.2, -0.15) is 0 Å². The number of hydrogen-bond acceptors (Lipinski definition) is 5. The van der Waals surface area contributed by atoms with Gasteiger partial charge >= 0.3 is 11.9 Å². The third-order valence-corrected chi connectivity index (χ3v) is 10.7. The zero-order valence-electron chi connectivity index (χ0n) is 37.7. The Bertz CT molecular complexity index is 893. The molecule has 0 saturated carbocycles. The fourth-order valence-electron chi connectivity index (χ4n) is 6.99. The summed E-state index contributed by atoms with van der Waals surface area (Å²) in [4.78, 5) is 25.2. The van der Waals surface area contributed by atoms with Crippen LogP contribution in [0.5, 0.6) is 0 Å². The van der Waals surface area contributed by atoms with Gasteiger partial charge in [-0.15, -0.1) is 0 Å². The van der Waals surface area contributed by atoms with Crippen molar-refractivity contribution in [3.63, 3.8) is 0 Å². The molecule has 0 N–H and O–H groups in total. The summed E-state index contributed by atoms with van der Waals surface area (Å²) in [6, 6.07) is 0. The zero-order valence-corrected chi connectivity index (χ0v) is 37.7. The number of unbranched alkanes of at least 4 members (excludes halogenated alkanes) is 28. The van der Waals surface area contributed by atoms with E-state index in [4.69, 9.17) is 14.2 Å². The standard InChI is InChI=1S/C51H94O5/c1-4-7-10-13-16-18-20-22-24-25-26-27-29-30-32-34-36-38-41-44-50(52)55-48-49(47-54-46-43-40-15-12-9-6-3)56-51(53)45-42-39-37-35-33-31-28-23-21-19-17-14-11-8-5-2/h16,18,22,24,26-27,49H,4-15,17,19-21,23,25,28-48H2,1-3H3/b18-16-,24-22-,27-26-. The lowest BCUT2D eigenvalue weighted by atomic mass is 10.0. The van der Waals surface area contributed by atoms with Crippen LogP contribution in [0.1, 0.15) is 252 Å². The van der Waals surface area contributed by atoms with Gasteiger partial charge in [0.25, 0.3) is 0 Å². The van der Waals surface area contributed by atoms with Crippen LogP contribution in [0.25, 0.3) is 0 Å². The van der Waals surface area contributed by atoms with E-state index in [2.05, 4.69) is 57.2 Å². The Balaban J connectivity index is 4.09. The fourth-order valence-corrected chi connectivity index (χ4v) is 6.99. The van der Waals surface area contributed by atoms with Gasteiger partial charge in [0.05, 0.1) is 6.61 Å². The lowest BCUT2D eigenvalue weighted by molar-refractivity contribution is -0.163. The summed E-state index contributed by atoms with van der Waals surface area (Å²) in [5.41, 5.74) is 0. The molecule has 0 spiro atoms. The van der Waals surface area contributed by atoms with Crippen LogP contribution < -0.4 is 0 Å². The Morgan fingerprint density at radius 2 is 0.750 bits per heavy atom. The highest BCUT2D eigenvalue weighted by atomic mass is 16.6. The Labute approximate surface area is 349 Å². The van der Waals surface area contributed by atoms with Crippen LogP contribution in [0.2, 0.25) is 0 Å². The van der Waals surface area contributed by atoms with Crippen molar-refractivity contribution in [2.45, 2.75) is 258 Å². The number of allylic oxidation sites excluding steroid dienone is 6. The van der Waals surface area contributed by atoms with Crippen LogP contribution in [0, 0.1) is 0 Å². The van der Waals surface area contributed by atoms with Gasteiger partial charge < -0.3 is 14.2 Å². The van der Waals surface area contributed by atoms with Gasteiger partial charge in [0.2, 0.25) is 0 Å². The molecule has 0 aromatic rings. The maximum absolute atomic E-state index is 12.7. The molecule has 56 heavy (non-hydrogen) atoms. The molecule has 5 heteroatoms. The highest BCUT2D eigenvalue weighted by Crippen LogP contribution is 2.15. The summed E-state index contributed by atoms with van der Waals surface area (Å²) < 4.78 is 17.2. The van der Waals surface area contributed by atoms with Crippen LogP contribution in [0.3, 0.4) is 0 Å². The highest BCUT2D eigenvalue weighted by molar-refractivity contribution is 5.70. The Hall–Kier alpha value is -1.88. The van der Waals surface area contributed by atoms with Crippen molar-refractivity contribution in [1.29, 1.82) is 0 Å².